The third kappa shape index (κ3) is 4.79. The van der Waals surface area contributed by atoms with E-state index >= 15 is 0 Å². The number of nitrogens with zero attached hydrogens (tertiary/aromatic N) is 2. The Labute approximate surface area is 195 Å². The molecule has 2 aliphatic heterocycles. The van der Waals surface area contributed by atoms with E-state index < -0.39 is 10.0 Å². The molecule has 2 aliphatic rings. The van der Waals surface area contributed by atoms with Gasteiger partial charge in [0.25, 0.3) is 5.91 Å². The summed E-state index contributed by atoms with van der Waals surface area (Å²) in [7, 11) is -0.709. The number of hydrogen-bond donors (Lipinski definition) is 0. The fourth-order valence-electron chi connectivity index (χ4n) is 4.33. The molecule has 0 aliphatic carbocycles. The largest absolute Gasteiger partial charge is 0.495 e. The first kappa shape index (κ1) is 23.4. The van der Waals surface area contributed by atoms with E-state index in [9.17, 15) is 13.2 Å². The number of carbonyl (C=O) groups is 1. The number of fused-ring (bicyclic) bond motifs is 1. The Morgan fingerprint density at radius 1 is 1.18 bits per heavy atom. The lowest BCUT2D eigenvalue weighted by Crippen LogP contribution is -2.42. The lowest BCUT2D eigenvalue weighted by atomic mass is 10.1. The monoisotopic (exact) mass is 474 g/mol. The summed E-state index contributed by atoms with van der Waals surface area (Å²) in [6.07, 6.45) is 2.31. The van der Waals surface area contributed by atoms with Gasteiger partial charge in [-0.05, 0) is 50.1 Å². The van der Waals surface area contributed by atoms with Crippen LogP contribution in [0.3, 0.4) is 0 Å². The molecular formula is C24H30N2O6S. The highest BCUT2D eigenvalue weighted by atomic mass is 32.2. The van der Waals surface area contributed by atoms with Crippen molar-refractivity contribution in [1.82, 2.24) is 9.21 Å². The maximum atomic E-state index is 13.4. The molecule has 1 fully saturated rings. The molecule has 9 heteroatoms. The van der Waals surface area contributed by atoms with E-state index in [0.717, 1.165) is 19.3 Å². The summed E-state index contributed by atoms with van der Waals surface area (Å²) in [5.74, 6) is 1.25. The van der Waals surface area contributed by atoms with Crippen molar-refractivity contribution in [3.8, 4) is 17.2 Å². The molecule has 178 valence electrons. The van der Waals surface area contributed by atoms with Crippen LogP contribution >= 0.6 is 0 Å². The van der Waals surface area contributed by atoms with Crippen molar-refractivity contribution in [3.05, 3.63) is 48.0 Å². The minimum absolute atomic E-state index is 0.0178. The van der Waals surface area contributed by atoms with Gasteiger partial charge in [0, 0.05) is 25.2 Å². The molecule has 0 aromatic heterocycles. The summed E-state index contributed by atoms with van der Waals surface area (Å²) in [5, 5.41) is 0. The Hall–Kier alpha value is -2.78. The maximum Gasteiger partial charge on any atom is 0.253 e. The molecule has 2 aromatic carbocycles. The molecule has 1 saturated heterocycles. The van der Waals surface area contributed by atoms with Crippen molar-refractivity contribution in [3.63, 3.8) is 0 Å². The zero-order valence-corrected chi connectivity index (χ0v) is 20.0. The highest BCUT2D eigenvalue weighted by molar-refractivity contribution is 7.89. The number of piperidine rings is 1. The van der Waals surface area contributed by atoms with Crippen molar-refractivity contribution in [1.29, 1.82) is 0 Å². The second kappa shape index (κ2) is 9.61. The zero-order chi connectivity index (χ0) is 23.6. The van der Waals surface area contributed by atoms with Crippen LogP contribution < -0.4 is 14.2 Å². The van der Waals surface area contributed by atoms with Gasteiger partial charge in [-0.25, -0.2) is 8.42 Å². The lowest BCUT2D eigenvalue weighted by Gasteiger charge is -2.32. The van der Waals surface area contributed by atoms with Crippen LogP contribution in [0.5, 0.6) is 17.2 Å². The van der Waals surface area contributed by atoms with Crippen LogP contribution in [0.1, 0.15) is 36.5 Å². The minimum atomic E-state index is -3.80. The fourth-order valence-corrected chi connectivity index (χ4v) is 6.21. The van der Waals surface area contributed by atoms with Crippen molar-refractivity contribution in [2.45, 2.75) is 43.2 Å². The van der Waals surface area contributed by atoms with Gasteiger partial charge < -0.3 is 19.1 Å². The summed E-state index contributed by atoms with van der Waals surface area (Å²) >= 11 is 0. The van der Waals surface area contributed by atoms with Crippen molar-refractivity contribution < 1.29 is 27.4 Å². The van der Waals surface area contributed by atoms with Gasteiger partial charge in [0.1, 0.15) is 17.3 Å². The maximum absolute atomic E-state index is 13.4. The van der Waals surface area contributed by atoms with Crippen LogP contribution in [0.15, 0.2) is 47.4 Å². The number of benzene rings is 2. The summed E-state index contributed by atoms with van der Waals surface area (Å²) in [6, 6.07) is 11.8. The third-order valence-electron chi connectivity index (χ3n) is 6.13. The van der Waals surface area contributed by atoms with Crippen LogP contribution in [0, 0.1) is 0 Å². The second-order valence-electron chi connectivity index (χ2n) is 8.51. The zero-order valence-electron chi connectivity index (χ0n) is 19.2. The van der Waals surface area contributed by atoms with Gasteiger partial charge in [-0.15, -0.1) is 0 Å². The van der Waals surface area contributed by atoms with Crippen LogP contribution in [-0.2, 0) is 10.0 Å². The Balaban J connectivity index is 1.53. The summed E-state index contributed by atoms with van der Waals surface area (Å²) < 4.78 is 45.4. The summed E-state index contributed by atoms with van der Waals surface area (Å²) in [5.41, 5.74) is 0.277. The average molecular weight is 475 g/mol. The number of likely N-dealkylation sites (N-methyl/N-ethyl adjacent to an activating group) is 1. The van der Waals surface area contributed by atoms with Crippen molar-refractivity contribution >= 4 is 15.9 Å². The average Bonchev–Trinajstić information content (AvgIpc) is 2.83. The van der Waals surface area contributed by atoms with Crippen LogP contribution in [0.4, 0.5) is 0 Å². The molecular weight excluding hydrogens is 444 g/mol. The first-order valence-corrected chi connectivity index (χ1v) is 12.6. The van der Waals surface area contributed by atoms with E-state index in [2.05, 4.69) is 0 Å². The molecule has 0 saturated carbocycles. The second-order valence-corrected chi connectivity index (χ2v) is 10.4. The minimum Gasteiger partial charge on any atom is -0.495 e. The van der Waals surface area contributed by atoms with E-state index in [0.29, 0.717) is 31.2 Å². The molecule has 33 heavy (non-hydrogen) atoms. The summed E-state index contributed by atoms with van der Waals surface area (Å²) in [4.78, 5) is 14.7. The molecule has 0 radical (unpaired) electrons. The Bertz CT molecular complexity index is 1120. The molecule has 0 N–H and O–H groups in total. The molecule has 2 heterocycles. The first-order valence-electron chi connectivity index (χ1n) is 11.1. The van der Waals surface area contributed by atoms with Crippen LogP contribution in [0.25, 0.3) is 0 Å². The van der Waals surface area contributed by atoms with Crippen LogP contribution in [0.2, 0.25) is 0 Å². The molecule has 0 unspecified atom stereocenters. The van der Waals surface area contributed by atoms with Crippen LogP contribution in [-0.4, -0.2) is 69.5 Å². The fraction of sp³-hybridized carbons (Fsp3) is 0.458. The molecule has 0 bridgehead atoms. The van der Waals surface area contributed by atoms with Gasteiger partial charge >= 0.3 is 0 Å². The quantitative estimate of drug-likeness (QED) is 0.639. The van der Waals surface area contributed by atoms with Gasteiger partial charge in [0.05, 0.1) is 13.7 Å². The topological polar surface area (TPSA) is 85.4 Å². The molecule has 1 amide bonds. The number of para-hydroxylation sites is 2. The Kier molecular flexibility index (Phi) is 6.81. The van der Waals surface area contributed by atoms with Gasteiger partial charge in [-0.3, -0.25) is 4.79 Å². The molecule has 2 atom stereocenters. The smallest absolute Gasteiger partial charge is 0.253 e. The predicted molar refractivity (Wildman–Crippen MR) is 124 cm³/mol. The number of amides is 1. The van der Waals surface area contributed by atoms with Gasteiger partial charge in [-0.2, -0.15) is 4.31 Å². The number of carbonyl (C=O) groups excluding carboxylic acids is 1. The van der Waals surface area contributed by atoms with Crippen molar-refractivity contribution in [2.24, 2.45) is 0 Å². The lowest BCUT2D eigenvalue weighted by molar-refractivity contribution is 0.0521. The van der Waals surface area contributed by atoms with E-state index in [1.807, 2.05) is 31.2 Å². The molecule has 4 rings (SSSR count). The van der Waals surface area contributed by atoms with Gasteiger partial charge in [-0.1, -0.05) is 18.6 Å². The first-order chi connectivity index (χ1) is 15.8. The number of sulfonamides is 1. The Morgan fingerprint density at radius 3 is 2.67 bits per heavy atom. The highest BCUT2D eigenvalue weighted by Crippen LogP contribution is 2.33. The van der Waals surface area contributed by atoms with E-state index in [4.69, 9.17) is 14.2 Å². The molecule has 2 aromatic rings. The molecule has 0 spiro atoms. The van der Waals surface area contributed by atoms with E-state index in [1.165, 1.54) is 22.4 Å². The number of ether oxygens (including phenoxy) is 3. The van der Waals surface area contributed by atoms with Gasteiger partial charge in [0.2, 0.25) is 10.0 Å². The standard InChI is InChI=1S/C24H30N2O6S/c1-17-8-6-7-13-26(17)33(28,29)23-14-18(11-12-22(23)30-3)24(27)25(2)15-19-16-31-20-9-4-5-10-21(20)32-19/h4-5,9-12,14,17,19H,6-8,13,15-16H2,1-3H3/t17-,19-/m0/s1. The molecule has 8 nitrogen and oxygen atoms in total. The predicted octanol–water partition coefficient (Wildman–Crippen LogP) is 3.17. The number of rotatable bonds is 6. The highest BCUT2D eigenvalue weighted by Gasteiger charge is 2.34. The third-order valence-corrected chi connectivity index (χ3v) is 8.17. The van der Waals surface area contributed by atoms with E-state index in [1.54, 1.807) is 19.2 Å². The number of hydrogen-bond acceptors (Lipinski definition) is 6. The van der Waals surface area contributed by atoms with Gasteiger partial charge in [0.15, 0.2) is 17.6 Å². The normalized spacial score (nSPS) is 20.8. The SMILES string of the molecule is COc1ccc(C(=O)N(C)C[C@H]2COc3ccccc3O2)cc1S(=O)(=O)N1CCCC[C@@H]1C. The Morgan fingerprint density at radius 2 is 1.94 bits per heavy atom. The van der Waals surface area contributed by atoms with Crippen molar-refractivity contribution in [2.75, 3.05) is 33.9 Å². The number of methoxy groups -OCH3 is 1. The van der Waals surface area contributed by atoms with E-state index in [-0.39, 0.29) is 34.3 Å². The summed E-state index contributed by atoms with van der Waals surface area (Å²) in [6.45, 7) is 3.00.